The normalized spacial score (nSPS) is 11.8. The molecule has 0 fully saturated rings. The molecule has 4 aromatic rings. The number of amides is 1. The molecule has 1 N–H and O–H groups in total. The van der Waals surface area contributed by atoms with Gasteiger partial charge in [-0.25, -0.2) is 10.2 Å². The lowest BCUT2D eigenvalue weighted by Gasteiger charge is -2.13. The van der Waals surface area contributed by atoms with E-state index in [1.807, 2.05) is 24.3 Å². The molecule has 192 valence electrons. The number of hydrazone groups is 1. The van der Waals surface area contributed by atoms with Gasteiger partial charge in [0.15, 0.2) is 6.10 Å². The van der Waals surface area contributed by atoms with Crippen molar-refractivity contribution in [3.8, 4) is 11.5 Å². The van der Waals surface area contributed by atoms with Crippen LogP contribution in [0.15, 0.2) is 84.0 Å². The molecule has 0 bridgehead atoms. The molecular formula is C27H19Cl2N3O6. The molecule has 1 atom stereocenters. The van der Waals surface area contributed by atoms with Gasteiger partial charge in [0.05, 0.1) is 21.7 Å². The van der Waals surface area contributed by atoms with Gasteiger partial charge in [-0.3, -0.25) is 14.9 Å². The Bertz CT molecular complexity index is 1560. The number of hydrogen-bond acceptors (Lipinski definition) is 7. The van der Waals surface area contributed by atoms with E-state index in [9.17, 15) is 19.7 Å². The number of ether oxygens (including phenoxy) is 2. The van der Waals surface area contributed by atoms with E-state index in [4.69, 9.17) is 32.7 Å². The minimum absolute atomic E-state index is 0.0935. The van der Waals surface area contributed by atoms with Crippen molar-refractivity contribution in [3.63, 3.8) is 0 Å². The van der Waals surface area contributed by atoms with Crippen molar-refractivity contribution in [1.82, 2.24) is 5.43 Å². The van der Waals surface area contributed by atoms with Crippen LogP contribution in [0.4, 0.5) is 5.69 Å². The largest absolute Gasteiger partial charge is 0.481 e. The molecule has 1 amide bonds. The number of esters is 1. The molecule has 4 rings (SSSR count). The van der Waals surface area contributed by atoms with Gasteiger partial charge in [0, 0.05) is 22.7 Å². The molecule has 4 aromatic carbocycles. The Balaban J connectivity index is 1.52. The Hall–Kier alpha value is -4.47. The van der Waals surface area contributed by atoms with Crippen LogP contribution < -0.4 is 14.9 Å². The molecule has 9 nitrogen and oxygen atoms in total. The molecule has 0 aliphatic heterocycles. The maximum Gasteiger partial charge on any atom is 0.345 e. The van der Waals surface area contributed by atoms with E-state index in [2.05, 4.69) is 10.5 Å². The van der Waals surface area contributed by atoms with Crippen LogP contribution in [0.25, 0.3) is 10.8 Å². The lowest BCUT2D eigenvalue weighted by atomic mass is 10.0. The lowest BCUT2D eigenvalue weighted by Crippen LogP contribution is -2.33. The number of nitrogens with one attached hydrogen (secondary N) is 1. The van der Waals surface area contributed by atoms with Gasteiger partial charge in [0.2, 0.25) is 0 Å². The smallest absolute Gasteiger partial charge is 0.345 e. The second kappa shape index (κ2) is 11.7. The summed E-state index contributed by atoms with van der Waals surface area (Å²) in [6.07, 6.45) is 0.413. The van der Waals surface area contributed by atoms with Gasteiger partial charge in [0.25, 0.3) is 11.6 Å². The predicted octanol–water partition coefficient (Wildman–Crippen LogP) is 6.19. The molecule has 0 radical (unpaired) electrons. The standard InChI is InChI=1S/C27H19Cl2N3O6/c1-16(37-20-10-8-19(9-11-20)32(35)36)26(33)31-30-15-23-21-5-3-2-4-17(21)6-13-25(23)38-27(34)22-12-7-18(28)14-24(22)29/h2-16H,1H3,(H,31,33)/b30-15-/t16-/m0/s1. The monoisotopic (exact) mass is 551 g/mol. The maximum atomic E-state index is 12.8. The summed E-state index contributed by atoms with van der Waals surface area (Å²) in [5.41, 5.74) is 2.89. The molecule has 0 heterocycles. The van der Waals surface area contributed by atoms with Crippen molar-refractivity contribution in [2.45, 2.75) is 13.0 Å². The Morgan fingerprint density at radius 1 is 1.03 bits per heavy atom. The van der Waals surface area contributed by atoms with Gasteiger partial charge in [-0.2, -0.15) is 5.10 Å². The number of carbonyl (C=O) groups excluding carboxylic acids is 2. The molecule has 11 heteroatoms. The number of nitro groups is 1. The first-order chi connectivity index (χ1) is 18.2. The van der Waals surface area contributed by atoms with Crippen LogP contribution in [0.1, 0.15) is 22.8 Å². The Labute approximate surface area is 226 Å². The molecule has 0 spiro atoms. The van der Waals surface area contributed by atoms with E-state index in [1.165, 1.54) is 55.6 Å². The van der Waals surface area contributed by atoms with Crippen molar-refractivity contribution in [1.29, 1.82) is 0 Å². The van der Waals surface area contributed by atoms with Gasteiger partial charge in [-0.05, 0) is 54.1 Å². The molecular weight excluding hydrogens is 533 g/mol. The van der Waals surface area contributed by atoms with Gasteiger partial charge in [-0.15, -0.1) is 0 Å². The predicted molar refractivity (Wildman–Crippen MR) is 144 cm³/mol. The lowest BCUT2D eigenvalue weighted by molar-refractivity contribution is -0.384. The van der Waals surface area contributed by atoms with E-state index >= 15 is 0 Å². The van der Waals surface area contributed by atoms with Gasteiger partial charge in [-0.1, -0.05) is 53.5 Å². The topological polar surface area (TPSA) is 120 Å². The number of carbonyl (C=O) groups is 2. The fourth-order valence-corrected chi connectivity index (χ4v) is 3.95. The highest BCUT2D eigenvalue weighted by Crippen LogP contribution is 2.29. The molecule has 0 saturated heterocycles. The highest BCUT2D eigenvalue weighted by Gasteiger charge is 2.18. The van der Waals surface area contributed by atoms with Crippen LogP contribution in [0, 0.1) is 10.1 Å². The zero-order valence-corrected chi connectivity index (χ0v) is 21.3. The Morgan fingerprint density at radius 2 is 1.76 bits per heavy atom. The van der Waals surface area contributed by atoms with Crippen LogP contribution >= 0.6 is 23.2 Å². The van der Waals surface area contributed by atoms with Crippen molar-refractivity contribution >= 4 is 57.8 Å². The van der Waals surface area contributed by atoms with Crippen molar-refractivity contribution in [2.75, 3.05) is 0 Å². The Morgan fingerprint density at radius 3 is 2.47 bits per heavy atom. The quantitative estimate of drug-likeness (QED) is 0.0915. The Kier molecular flexibility index (Phi) is 8.20. The molecule has 0 aliphatic rings. The number of benzene rings is 4. The van der Waals surface area contributed by atoms with Crippen molar-refractivity contribution in [2.24, 2.45) is 5.10 Å². The van der Waals surface area contributed by atoms with Crippen LogP contribution in [0.2, 0.25) is 10.0 Å². The first-order valence-corrected chi connectivity index (χ1v) is 11.9. The summed E-state index contributed by atoms with van der Waals surface area (Å²) in [5.74, 6) is -0.767. The molecule has 0 unspecified atom stereocenters. The summed E-state index contributed by atoms with van der Waals surface area (Å²) < 4.78 is 11.2. The maximum absolute atomic E-state index is 12.8. The highest BCUT2D eigenvalue weighted by atomic mass is 35.5. The summed E-state index contributed by atoms with van der Waals surface area (Å²) in [6.45, 7) is 1.51. The minimum Gasteiger partial charge on any atom is -0.481 e. The number of fused-ring (bicyclic) bond motifs is 1. The van der Waals surface area contributed by atoms with E-state index in [0.717, 1.165) is 10.8 Å². The van der Waals surface area contributed by atoms with E-state index in [-0.39, 0.29) is 27.8 Å². The van der Waals surface area contributed by atoms with Gasteiger partial charge in [0.1, 0.15) is 11.5 Å². The summed E-state index contributed by atoms with van der Waals surface area (Å²) in [4.78, 5) is 35.6. The third-order valence-corrected chi connectivity index (χ3v) is 5.93. The molecule has 0 aliphatic carbocycles. The number of non-ortho nitro benzene ring substituents is 1. The average molecular weight is 552 g/mol. The zero-order chi connectivity index (χ0) is 27.2. The van der Waals surface area contributed by atoms with Gasteiger partial charge >= 0.3 is 5.97 Å². The number of hydrogen-bond donors (Lipinski definition) is 1. The van der Waals surface area contributed by atoms with E-state index in [0.29, 0.717) is 10.6 Å². The number of rotatable bonds is 8. The summed E-state index contributed by atoms with van der Waals surface area (Å²) in [5, 5.41) is 16.9. The third-order valence-electron chi connectivity index (χ3n) is 5.38. The fraction of sp³-hybridized carbons (Fsp3) is 0.0741. The first-order valence-electron chi connectivity index (χ1n) is 11.2. The van der Waals surface area contributed by atoms with Crippen LogP contribution in [-0.4, -0.2) is 29.1 Å². The van der Waals surface area contributed by atoms with Crippen LogP contribution in [-0.2, 0) is 4.79 Å². The number of nitro benzene ring substituents is 1. The van der Waals surface area contributed by atoms with Gasteiger partial charge < -0.3 is 9.47 Å². The average Bonchev–Trinajstić information content (AvgIpc) is 2.89. The zero-order valence-electron chi connectivity index (χ0n) is 19.8. The molecule has 0 aromatic heterocycles. The van der Waals surface area contributed by atoms with Crippen LogP contribution in [0.3, 0.4) is 0 Å². The fourth-order valence-electron chi connectivity index (χ4n) is 3.46. The van der Waals surface area contributed by atoms with Crippen molar-refractivity contribution < 1.29 is 24.0 Å². The van der Waals surface area contributed by atoms with E-state index in [1.54, 1.807) is 12.1 Å². The molecule has 0 saturated carbocycles. The van der Waals surface area contributed by atoms with Crippen molar-refractivity contribution in [3.05, 3.63) is 110 Å². The van der Waals surface area contributed by atoms with Crippen LogP contribution in [0.5, 0.6) is 11.5 Å². The SMILES string of the molecule is C[C@H](Oc1ccc([N+](=O)[O-])cc1)C(=O)N/N=C\c1c(OC(=O)c2ccc(Cl)cc2Cl)ccc2ccccc12. The van der Waals surface area contributed by atoms with E-state index < -0.39 is 22.9 Å². The summed E-state index contributed by atoms with van der Waals surface area (Å²) in [6, 6.07) is 20.6. The summed E-state index contributed by atoms with van der Waals surface area (Å²) in [7, 11) is 0. The number of nitrogens with zero attached hydrogens (tertiary/aromatic N) is 2. The summed E-state index contributed by atoms with van der Waals surface area (Å²) >= 11 is 12.1. The second-order valence-corrected chi connectivity index (χ2v) is 8.80. The number of halogens is 2. The molecule has 38 heavy (non-hydrogen) atoms. The highest BCUT2D eigenvalue weighted by molar-refractivity contribution is 6.36. The second-order valence-electron chi connectivity index (χ2n) is 7.96. The first kappa shape index (κ1) is 26.6. The minimum atomic E-state index is -0.953. The third kappa shape index (κ3) is 6.26.